The van der Waals surface area contributed by atoms with Crippen LogP contribution in [0.25, 0.3) is 0 Å². The van der Waals surface area contributed by atoms with Crippen molar-refractivity contribution in [1.82, 2.24) is 0 Å². The molecule has 0 radical (unpaired) electrons. The Bertz CT molecular complexity index is 827. The van der Waals surface area contributed by atoms with Gasteiger partial charge in [-0.05, 0) is 18.6 Å². The normalized spacial score (nSPS) is 11.4. The predicted octanol–water partition coefficient (Wildman–Crippen LogP) is 4.10. The quantitative estimate of drug-likeness (QED) is 0.538. The fourth-order valence-corrected chi connectivity index (χ4v) is 3.03. The lowest BCUT2D eigenvalue weighted by Gasteiger charge is -2.22. The molecule has 1 atom stereocenters. The van der Waals surface area contributed by atoms with E-state index in [0.717, 1.165) is 11.3 Å². The van der Waals surface area contributed by atoms with Gasteiger partial charge in [-0.1, -0.05) is 25.1 Å². The van der Waals surface area contributed by atoms with E-state index < -0.39 is 11.9 Å². The minimum absolute atomic E-state index is 0.143. The summed E-state index contributed by atoms with van der Waals surface area (Å²) < 4.78 is 21.5. The van der Waals surface area contributed by atoms with Gasteiger partial charge in [0.1, 0.15) is 11.5 Å². The van der Waals surface area contributed by atoms with Gasteiger partial charge < -0.3 is 18.9 Å². The van der Waals surface area contributed by atoms with Crippen molar-refractivity contribution in [2.75, 3.05) is 14.2 Å². The molecule has 2 aromatic rings. The van der Waals surface area contributed by atoms with Gasteiger partial charge in [0.05, 0.1) is 14.2 Å². The largest absolute Gasteiger partial charge is 0.496 e. The van der Waals surface area contributed by atoms with Crippen LogP contribution < -0.4 is 18.9 Å². The van der Waals surface area contributed by atoms with Gasteiger partial charge in [0, 0.05) is 37.0 Å². The van der Waals surface area contributed by atoms with Crippen LogP contribution in [0.15, 0.2) is 36.4 Å². The average molecular weight is 372 g/mol. The summed E-state index contributed by atoms with van der Waals surface area (Å²) in [6, 6.07) is 10.9. The van der Waals surface area contributed by atoms with Gasteiger partial charge >= 0.3 is 11.9 Å². The van der Waals surface area contributed by atoms with E-state index in [9.17, 15) is 9.59 Å². The Kier molecular flexibility index (Phi) is 6.82. The van der Waals surface area contributed by atoms with E-state index >= 15 is 0 Å². The smallest absolute Gasteiger partial charge is 0.308 e. The Balaban J connectivity index is 2.68. The summed E-state index contributed by atoms with van der Waals surface area (Å²) in [4.78, 5) is 23.1. The zero-order valence-corrected chi connectivity index (χ0v) is 16.2. The summed E-state index contributed by atoms with van der Waals surface area (Å²) >= 11 is 0. The Morgan fingerprint density at radius 2 is 1.41 bits per heavy atom. The van der Waals surface area contributed by atoms with Gasteiger partial charge in [0.25, 0.3) is 0 Å². The van der Waals surface area contributed by atoms with Crippen LogP contribution in [0.1, 0.15) is 44.2 Å². The number of esters is 2. The molecule has 2 aromatic carbocycles. The summed E-state index contributed by atoms with van der Waals surface area (Å²) in [5.74, 6) is 0.592. The molecule has 6 nitrogen and oxygen atoms in total. The second-order valence-electron chi connectivity index (χ2n) is 5.93. The lowest BCUT2D eigenvalue weighted by atomic mass is 9.87. The number of para-hydroxylation sites is 1. The Labute approximate surface area is 159 Å². The van der Waals surface area contributed by atoms with E-state index in [4.69, 9.17) is 18.9 Å². The first-order valence-corrected chi connectivity index (χ1v) is 8.62. The molecular formula is C21H24O6. The van der Waals surface area contributed by atoms with Crippen LogP contribution in [0.4, 0.5) is 0 Å². The molecule has 0 bridgehead atoms. The molecular weight excluding hydrogens is 348 g/mol. The maximum absolute atomic E-state index is 11.6. The fraction of sp³-hybridized carbons (Fsp3) is 0.333. The zero-order chi connectivity index (χ0) is 20.0. The monoisotopic (exact) mass is 372 g/mol. The van der Waals surface area contributed by atoms with E-state index in [1.54, 1.807) is 19.2 Å². The number of hydrogen-bond donors (Lipinski definition) is 0. The molecule has 27 heavy (non-hydrogen) atoms. The summed E-state index contributed by atoms with van der Waals surface area (Å²) in [5, 5.41) is 0. The van der Waals surface area contributed by atoms with Crippen molar-refractivity contribution >= 4 is 11.9 Å². The van der Waals surface area contributed by atoms with Gasteiger partial charge in [-0.25, -0.2) is 0 Å². The van der Waals surface area contributed by atoms with E-state index in [2.05, 4.69) is 0 Å². The topological polar surface area (TPSA) is 71.1 Å². The van der Waals surface area contributed by atoms with Crippen molar-refractivity contribution in [2.45, 2.75) is 33.1 Å². The standard InChI is InChI=1S/C21H24O6/c1-6-15(16-9-7-8-10-18(16)24-4)17-11-21(27-14(3)23)20(25-5)12-19(17)26-13(2)22/h7-12,15H,6H2,1-5H3/t15-/m0/s1. The molecule has 2 rings (SSSR count). The van der Waals surface area contributed by atoms with E-state index in [-0.39, 0.29) is 11.7 Å². The molecule has 0 unspecified atom stereocenters. The highest BCUT2D eigenvalue weighted by Crippen LogP contribution is 2.43. The second-order valence-corrected chi connectivity index (χ2v) is 5.93. The van der Waals surface area contributed by atoms with Crippen molar-refractivity contribution in [3.63, 3.8) is 0 Å². The molecule has 0 heterocycles. The maximum atomic E-state index is 11.6. The Morgan fingerprint density at radius 1 is 0.815 bits per heavy atom. The molecule has 0 saturated carbocycles. The van der Waals surface area contributed by atoms with Gasteiger partial charge in [-0.15, -0.1) is 0 Å². The lowest BCUT2D eigenvalue weighted by Crippen LogP contribution is -2.11. The highest BCUT2D eigenvalue weighted by atomic mass is 16.6. The molecule has 144 valence electrons. The van der Waals surface area contributed by atoms with Gasteiger partial charge in [0.2, 0.25) is 0 Å². The number of carbonyl (C=O) groups excluding carboxylic acids is 2. The van der Waals surface area contributed by atoms with E-state index in [0.29, 0.717) is 23.5 Å². The van der Waals surface area contributed by atoms with Crippen LogP contribution in [0.3, 0.4) is 0 Å². The van der Waals surface area contributed by atoms with Gasteiger partial charge in [0.15, 0.2) is 11.5 Å². The molecule has 0 N–H and O–H groups in total. The maximum Gasteiger partial charge on any atom is 0.308 e. The Morgan fingerprint density at radius 3 is 1.96 bits per heavy atom. The first-order valence-electron chi connectivity index (χ1n) is 8.62. The van der Waals surface area contributed by atoms with E-state index in [1.807, 2.05) is 31.2 Å². The summed E-state index contributed by atoms with van der Waals surface area (Å²) in [6.45, 7) is 4.67. The SMILES string of the molecule is CC[C@@H](c1ccccc1OC)c1cc(OC(C)=O)c(OC)cc1OC(C)=O. The van der Waals surface area contributed by atoms with Crippen molar-refractivity contribution < 1.29 is 28.5 Å². The minimum atomic E-state index is -0.468. The minimum Gasteiger partial charge on any atom is -0.496 e. The number of carbonyl (C=O) groups is 2. The second kappa shape index (κ2) is 9.07. The van der Waals surface area contributed by atoms with Crippen LogP contribution in [0, 0.1) is 0 Å². The molecule has 0 aliphatic heterocycles. The van der Waals surface area contributed by atoms with Crippen molar-refractivity contribution in [3.05, 3.63) is 47.5 Å². The summed E-state index contributed by atoms with van der Waals surface area (Å²) in [5.41, 5.74) is 1.64. The third-order valence-corrected chi connectivity index (χ3v) is 4.10. The third kappa shape index (κ3) is 4.78. The van der Waals surface area contributed by atoms with Crippen molar-refractivity contribution in [2.24, 2.45) is 0 Å². The van der Waals surface area contributed by atoms with Gasteiger partial charge in [-0.3, -0.25) is 9.59 Å². The Hall–Kier alpha value is -3.02. The molecule has 0 saturated heterocycles. The average Bonchev–Trinajstić information content (AvgIpc) is 2.63. The molecule has 0 amide bonds. The van der Waals surface area contributed by atoms with Crippen molar-refractivity contribution in [3.8, 4) is 23.0 Å². The molecule has 0 aromatic heterocycles. The fourth-order valence-electron chi connectivity index (χ4n) is 3.03. The van der Waals surface area contributed by atoms with Crippen molar-refractivity contribution in [1.29, 1.82) is 0 Å². The van der Waals surface area contributed by atoms with E-state index in [1.165, 1.54) is 21.0 Å². The number of rotatable bonds is 7. The molecule has 6 heteroatoms. The summed E-state index contributed by atoms with van der Waals surface area (Å²) in [7, 11) is 3.06. The zero-order valence-electron chi connectivity index (χ0n) is 16.2. The van der Waals surface area contributed by atoms with Crippen LogP contribution in [-0.4, -0.2) is 26.2 Å². The molecule has 0 aliphatic carbocycles. The number of hydrogen-bond acceptors (Lipinski definition) is 6. The third-order valence-electron chi connectivity index (χ3n) is 4.10. The van der Waals surface area contributed by atoms with Gasteiger partial charge in [-0.2, -0.15) is 0 Å². The highest BCUT2D eigenvalue weighted by molar-refractivity contribution is 5.73. The molecule has 0 fully saturated rings. The first kappa shape index (κ1) is 20.3. The number of ether oxygens (including phenoxy) is 4. The van der Waals surface area contributed by atoms with Crippen LogP contribution in [0.5, 0.6) is 23.0 Å². The predicted molar refractivity (Wildman–Crippen MR) is 101 cm³/mol. The molecule has 0 aliphatic rings. The molecule has 0 spiro atoms. The van der Waals surface area contributed by atoms with Crippen LogP contribution in [-0.2, 0) is 9.59 Å². The lowest BCUT2D eigenvalue weighted by molar-refractivity contribution is -0.133. The number of benzene rings is 2. The first-order chi connectivity index (χ1) is 12.9. The summed E-state index contributed by atoms with van der Waals surface area (Å²) in [6.07, 6.45) is 0.709. The van der Waals surface area contributed by atoms with Crippen LogP contribution in [0.2, 0.25) is 0 Å². The van der Waals surface area contributed by atoms with Crippen LogP contribution >= 0.6 is 0 Å². The number of methoxy groups -OCH3 is 2. The highest BCUT2D eigenvalue weighted by Gasteiger charge is 2.24.